The molecule has 1 aromatic carbocycles. The van der Waals surface area contributed by atoms with E-state index >= 15 is 0 Å². The molecule has 21 heavy (non-hydrogen) atoms. The highest BCUT2D eigenvalue weighted by atomic mass is 16.5. The number of carbonyl (C=O) groups is 1. The van der Waals surface area contributed by atoms with E-state index in [9.17, 15) is 19.8 Å². The lowest BCUT2D eigenvalue weighted by molar-refractivity contribution is 0.100. The lowest BCUT2D eigenvalue weighted by Crippen LogP contribution is -2.15. The molecule has 6 heteroatoms. The fraction of sp³-hybridized carbons (Fsp3) is 0.133. The summed E-state index contributed by atoms with van der Waals surface area (Å²) in [4.78, 5) is 27.4. The molecule has 0 bridgehead atoms. The van der Waals surface area contributed by atoms with Crippen LogP contribution < -0.4 is 5.63 Å². The van der Waals surface area contributed by atoms with E-state index in [0.29, 0.717) is 5.69 Å². The van der Waals surface area contributed by atoms with Crippen LogP contribution in [0.5, 0.6) is 11.7 Å². The Balaban J connectivity index is 2.64. The van der Waals surface area contributed by atoms with Crippen molar-refractivity contribution in [1.82, 2.24) is 0 Å². The van der Waals surface area contributed by atoms with Crippen molar-refractivity contribution in [3.8, 4) is 11.7 Å². The molecule has 6 nitrogen and oxygen atoms in total. The molecule has 0 amide bonds. The number of aliphatic imine (C=N–C) groups is 1. The third-order valence-electron chi connectivity index (χ3n) is 2.85. The molecule has 0 aliphatic carbocycles. The van der Waals surface area contributed by atoms with Crippen LogP contribution in [0.25, 0.3) is 0 Å². The summed E-state index contributed by atoms with van der Waals surface area (Å²) in [6, 6.07) is 8.79. The zero-order valence-electron chi connectivity index (χ0n) is 11.5. The minimum absolute atomic E-state index is 0.176. The van der Waals surface area contributed by atoms with Gasteiger partial charge in [0.1, 0.15) is 16.9 Å². The van der Waals surface area contributed by atoms with Crippen LogP contribution in [0.3, 0.4) is 0 Å². The van der Waals surface area contributed by atoms with Crippen LogP contribution in [0.2, 0.25) is 0 Å². The Bertz CT molecular complexity index is 775. The summed E-state index contributed by atoms with van der Waals surface area (Å²) in [6.45, 7) is 2.64. The number of nitrogens with zero attached hydrogens (tertiary/aromatic N) is 1. The molecule has 0 aliphatic heterocycles. The maximum absolute atomic E-state index is 11.8. The fourth-order valence-corrected chi connectivity index (χ4v) is 1.90. The molecule has 108 valence electrons. The van der Waals surface area contributed by atoms with Crippen molar-refractivity contribution in [2.45, 2.75) is 13.8 Å². The molecule has 0 saturated heterocycles. The third kappa shape index (κ3) is 2.84. The maximum atomic E-state index is 11.8. The second-order valence-corrected chi connectivity index (χ2v) is 4.38. The van der Waals surface area contributed by atoms with Crippen LogP contribution in [0.15, 0.2) is 44.5 Å². The normalized spacial score (nSPS) is 11.4. The highest BCUT2D eigenvalue weighted by Crippen LogP contribution is 2.29. The summed E-state index contributed by atoms with van der Waals surface area (Å²) in [7, 11) is 0. The van der Waals surface area contributed by atoms with Crippen LogP contribution in [0.4, 0.5) is 5.69 Å². The number of ketones is 1. The lowest BCUT2D eigenvalue weighted by atomic mass is 10.1. The highest BCUT2D eigenvalue weighted by Gasteiger charge is 2.23. The van der Waals surface area contributed by atoms with Crippen molar-refractivity contribution in [2.24, 2.45) is 4.99 Å². The Hall–Kier alpha value is -2.89. The van der Waals surface area contributed by atoms with Gasteiger partial charge in [-0.05, 0) is 26.0 Å². The SMILES string of the molecule is CC(=O)c1c(O)oc(=O)c(C(C)=Nc2ccccc2)c1O. The van der Waals surface area contributed by atoms with E-state index in [2.05, 4.69) is 9.41 Å². The molecule has 1 aromatic heterocycles. The average molecular weight is 287 g/mol. The van der Waals surface area contributed by atoms with Crippen LogP contribution in [0, 0.1) is 0 Å². The van der Waals surface area contributed by atoms with E-state index in [0.717, 1.165) is 6.92 Å². The molecule has 2 rings (SSSR count). The number of Topliss-reactive ketones (excluding diaryl/α,β-unsaturated/α-hetero) is 1. The first kappa shape index (κ1) is 14.5. The number of aromatic hydroxyl groups is 2. The Morgan fingerprint density at radius 2 is 1.71 bits per heavy atom. The number of rotatable bonds is 3. The van der Waals surface area contributed by atoms with Gasteiger partial charge in [-0.2, -0.15) is 0 Å². The number of para-hydroxylation sites is 1. The first-order valence-electron chi connectivity index (χ1n) is 6.12. The molecule has 0 aliphatic rings. The second kappa shape index (κ2) is 5.62. The van der Waals surface area contributed by atoms with E-state index < -0.39 is 28.7 Å². The van der Waals surface area contributed by atoms with Gasteiger partial charge in [0.15, 0.2) is 5.78 Å². The first-order valence-corrected chi connectivity index (χ1v) is 6.12. The Labute approximate surface area is 120 Å². The lowest BCUT2D eigenvalue weighted by Gasteiger charge is -2.07. The zero-order valence-corrected chi connectivity index (χ0v) is 11.5. The third-order valence-corrected chi connectivity index (χ3v) is 2.85. The molecule has 0 saturated carbocycles. The number of benzene rings is 1. The van der Waals surface area contributed by atoms with Gasteiger partial charge < -0.3 is 14.6 Å². The molecule has 0 unspecified atom stereocenters. The molecule has 1 heterocycles. The predicted molar refractivity (Wildman–Crippen MR) is 76.6 cm³/mol. The summed E-state index contributed by atoms with van der Waals surface area (Å²) in [6.07, 6.45) is 0. The summed E-state index contributed by atoms with van der Waals surface area (Å²) < 4.78 is 4.58. The van der Waals surface area contributed by atoms with Crippen molar-refractivity contribution in [3.05, 3.63) is 51.9 Å². The van der Waals surface area contributed by atoms with Gasteiger partial charge >= 0.3 is 5.63 Å². The summed E-state index contributed by atoms with van der Waals surface area (Å²) in [5.74, 6) is -2.16. The topological polar surface area (TPSA) is 100 Å². The first-order chi connectivity index (χ1) is 9.91. The zero-order chi connectivity index (χ0) is 15.6. The van der Waals surface area contributed by atoms with E-state index in [4.69, 9.17) is 0 Å². The van der Waals surface area contributed by atoms with E-state index in [1.807, 2.05) is 6.07 Å². The fourth-order valence-electron chi connectivity index (χ4n) is 1.90. The molecule has 0 radical (unpaired) electrons. The molecule has 0 atom stereocenters. The van der Waals surface area contributed by atoms with Crippen molar-refractivity contribution >= 4 is 17.2 Å². The van der Waals surface area contributed by atoms with Gasteiger partial charge in [-0.15, -0.1) is 0 Å². The Morgan fingerprint density at radius 3 is 2.29 bits per heavy atom. The second-order valence-electron chi connectivity index (χ2n) is 4.38. The molecule has 0 fully saturated rings. The summed E-state index contributed by atoms with van der Waals surface area (Å²) >= 11 is 0. The van der Waals surface area contributed by atoms with Crippen molar-refractivity contribution in [1.29, 1.82) is 0 Å². The van der Waals surface area contributed by atoms with Crippen LogP contribution >= 0.6 is 0 Å². The molecular formula is C15H13NO5. The van der Waals surface area contributed by atoms with Gasteiger partial charge in [-0.25, -0.2) is 4.79 Å². The van der Waals surface area contributed by atoms with Crippen molar-refractivity contribution in [3.63, 3.8) is 0 Å². The van der Waals surface area contributed by atoms with Gasteiger partial charge in [0, 0.05) is 0 Å². The van der Waals surface area contributed by atoms with Gasteiger partial charge in [0.25, 0.3) is 5.95 Å². The van der Waals surface area contributed by atoms with Crippen molar-refractivity contribution in [2.75, 3.05) is 0 Å². The molecule has 2 aromatic rings. The minimum atomic E-state index is -0.966. The quantitative estimate of drug-likeness (QED) is 0.667. The van der Waals surface area contributed by atoms with E-state index in [1.165, 1.54) is 6.92 Å². The standard InChI is InChI=1S/C15H13NO5/c1-8(16-10-6-4-3-5-7-10)11-13(18)12(9(2)17)15(20)21-14(11)19/h3-7,18,20H,1-2H3. The molecular weight excluding hydrogens is 274 g/mol. The van der Waals surface area contributed by atoms with Crippen LogP contribution in [0.1, 0.15) is 29.8 Å². The smallest absolute Gasteiger partial charge is 0.351 e. The highest BCUT2D eigenvalue weighted by molar-refractivity contribution is 6.07. The van der Waals surface area contributed by atoms with Crippen molar-refractivity contribution < 1.29 is 19.4 Å². The van der Waals surface area contributed by atoms with E-state index in [-0.39, 0.29) is 11.3 Å². The summed E-state index contributed by atoms with van der Waals surface area (Å²) in [5, 5.41) is 19.5. The van der Waals surface area contributed by atoms with Gasteiger partial charge in [0.2, 0.25) is 0 Å². The Morgan fingerprint density at radius 1 is 1.10 bits per heavy atom. The number of hydrogen-bond donors (Lipinski definition) is 2. The molecule has 2 N–H and O–H groups in total. The number of hydrogen-bond acceptors (Lipinski definition) is 6. The van der Waals surface area contributed by atoms with Gasteiger partial charge in [0.05, 0.1) is 11.4 Å². The minimum Gasteiger partial charge on any atom is -0.506 e. The predicted octanol–water partition coefficient (Wildman–Crippen LogP) is 2.39. The molecule has 0 spiro atoms. The monoisotopic (exact) mass is 287 g/mol. The maximum Gasteiger partial charge on any atom is 0.351 e. The van der Waals surface area contributed by atoms with Crippen LogP contribution in [-0.2, 0) is 0 Å². The largest absolute Gasteiger partial charge is 0.506 e. The van der Waals surface area contributed by atoms with Gasteiger partial charge in [-0.1, -0.05) is 18.2 Å². The summed E-state index contributed by atoms with van der Waals surface area (Å²) in [5.41, 5.74) is -0.901. The van der Waals surface area contributed by atoms with Crippen LogP contribution in [-0.4, -0.2) is 21.7 Å². The van der Waals surface area contributed by atoms with Gasteiger partial charge in [-0.3, -0.25) is 9.79 Å². The van der Waals surface area contributed by atoms with E-state index in [1.54, 1.807) is 24.3 Å². The number of carbonyl (C=O) groups excluding carboxylic acids is 1. The Kier molecular flexibility index (Phi) is 3.89. The average Bonchev–Trinajstić information content (AvgIpc) is 2.38.